The molecule has 0 amide bonds. The van der Waals surface area contributed by atoms with Crippen molar-refractivity contribution in [2.45, 2.75) is 6.61 Å². The van der Waals surface area contributed by atoms with Crippen LogP contribution in [0.25, 0.3) is 0 Å². The van der Waals surface area contributed by atoms with E-state index in [1.807, 2.05) is 24.3 Å². The number of hydrogen-bond donors (Lipinski definition) is 0. The molecule has 5 heteroatoms. The number of imidazole rings is 1. The standard InChI is InChI=1S/C17H13ClN2O2/c18-15-5-1-13(2-6-15)11-22-16-7-3-14(4-8-16)17(21)20-10-9-19-12-20/h1-10,12H,11H2. The minimum atomic E-state index is -0.123. The third kappa shape index (κ3) is 3.35. The van der Waals surface area contributed by atoms with Gasteiger partial charge >= 0.3 is 0 Å². The molecule has 1 aromatic heterocycles. The summed E-state index contributed by atoms with van der Waals surface area (Å²) in [4.78, 5) is 16.0. The molecule has 0 aliphatic heterocycles. The molecular weight excluding hydrogens is 300 g/mol. The average Bonchev–Trinajstić information content (AvgIpc) is 3.09. The van der Waals surface area contributed by atoms with E-state index >= 15 is 0 Å². The van der Waals surface area contributed by atoms with Gasteiger partial charge in [-0.05, 0) is 42.0 Å². The van der Waals surface area contributed by atoms with Crippen molar-refractivity contribution in [1.82, 2.24) is 9.55 Å². The van der Waals surface area contributed by atoms with Crippen LogP contribution in [0.2, 0.25) is 5.02 Å². The van der Waals surface area contributed by atoms with Gasteiger partial charge in [-0.25, -0.2) is 4.98 Å². The summed E-state index contributed by atoms with van der Waals surface area (Å²) in [5.74, 6) is 0.582. The van der Waals surface area contributed by atoms with Crippen molar-refractivity contribution in [3.8, 4) is 5.75 Å². The number of rotatable bonds is 4. The second-order valence-corrected chi connectivity index (χ2v) is 5.15. The van der Waals surface area contributed by atoms with Gasteiger partial charge in [-0.15, -0.1) is 0 Å². The Bertz CT molecular complexity index is 750. The summed E-state index contributed by atoms with van der Waals surface area (Å²) in [6.07, 6.45) is 4.67. The Hall–Kier alpha value is -2.59. The van der Waals surface area contributed by atoms with Crippen LogP contribution in [-0.2, 0) is 6.61 Å². The third-order valence-electron chi connectivity index (χ3n) is 3.16. The van der Waals surface area contributed by atoms with Crippen LogP contribution in [0, 0.1) is 0 Å². The van der Waals surface area contributed by atoms with Crippen molar-refractivity contribution in [2.24, 2.45) is 0 Å². The SMILES string of the molecule is O=C(c1ccc(OCc2ccc(Cl)cc2)cc1)n1ccnc1. The van der Waals surface area contributed by atoms with Crippen LogP contribution in [0.1, 0.15) is 15.9 Å². The van der Waals surface area contributed by atoms with Gasteiger partial charge in [0.25, 0.3) is 5.91 Å². The summed E-state index contributed by atoms with van der Waals surface area (Å²) >= 11 is 5.84. The zero-order valence-electron chi connectivity index (χ0n) is 11.6. The molecule has 0 unspecified atom stereocenters. The second kappa shape index (κ2) is 6.45. The van der Waals surface area contributed by atoms with Crippen LogP contribution in [0.4, 0.5) is 0 Å². The predicted octanol–water partition coefficient (Wildman–Crippen LogP) is 3.80. The Morgan fingerprint density at radius 1 is 1.09 bits per heavy atom. The van der Waals surface area contributed by atoms with Crippen molar-refractivity contribution in [1.29, 1.82) is 0 Å². The fourth-order valence-electron chi connectivity index (χ4n) is 1.97. The van der Waals surface area contributed by atoms with Crippen molar-refractivity contribution in [3.63, 3.8) is 0 Å². The second-order valence-electron chi connectivity index (χ2n) is 4.71. The molecule has 0 bridgehead atoms. The zero-order valence-corrected chi connectivity index (χ0v) is 12.4. The molecule has 0 spiro atoms. The first-order valence-corrected chi connectivity index (χ1v) is 7.10. The fourth-order valence-corrected chi connectivity index (χ4v) is 2.10. The van der Waals surface area contributed by atoms with E-state index in [4.69, 9.17) is 16.3 Å². The average molecular weight is 313 g/mol. The molecule has 0 aliphatic rings. The normalized spacial score (nSPS) is 10.4. The number of halogens is 1. The number of carbonyl (C=O) groups is 1. The Kier molecular flexibility index (Phi) is 4.21. The van der Waals surface area contributed by atoms with Gasteiger partial charge in [0.05, 0.1) is 0 Å². The van der Waals surface area contributed by atoms with Gasteiger partial charge in [-0.3, -0.25) is 9.36 Å². The lowest BCUT2D eigenvalue weighted by molar-refractivity contribution is 0.0959. The van der Waals surface area contributed by atoms with Crippen molar-refractivity contribution in [3.05, 3.63) is 83.4 Å². The number of ether oxygens (including phenoxy) is 1. The first kappa shape index (κ1) is 14.4. The molecule has 0 saturated heterocycles. The quantitative estimate of drug-likeness (QED) is 0.736. The van der Waals surface area contributed by atoms with Gasteiger partial charge in [0, 0.05) is 23.0 Å². The summed E-state index contributed by atoms with van der Waals surface area (Å²) in [5.41, 5.74) is 1.61. The summed E-state index contributed by atoms with van der Waals surface area (Å²) < 4.78 is 7.12. The lowest BCUT2D eigenvalue weighted by Crippen LogP contribution is -2.09. The first-order chi connectivity index (χ1) is 10.7. The molecule has 0 N–H and O–H groups in total. The highest BCUT2D eigenvalue weighted by Gasteiger charge is 2.07. The van der Waals surface area contributed by atoms with Gasteiger partial charge in [-0.2, -0.15) is 0 Å². The number of nitrogens with zero attached hydrogens (tertiary/aromatic N) is 2. The highest BCUT2D eigenvalue weighted by molar-refractivity contribution is 6.30. The van der Waals surface area contributed by atoms with Crippen LogP contribution in [0.5, 0.6) is 5.75 Å². The maximum Gasteiger partial charge on any atom is 0.263 e. The molecule has 0 aliphatic carbocycles. The Balaban J connectivity index is 1.64. The van der Waals surface area contributed by atoms with Gasteiger partial charge < -0.3 is 4.74 Å². The Labute approximate surface area is 132 Å². The fraction of sp³-hybridized carbons (Fsp3) is 0.0588. The van der Waals surface area contributed by atoms with E-state index in [0.29, 0.717) is 22.9 Å². The van der Waals surface area contributed by atoms with E-state index in [1.54, 1.807) is 36.7 Å². The maximum absolute atomic E-state index is 12.1. The Morgan fingerprint density at radius 2 is 1.82 bits per heavy atom. The highest BCUT2D eigenvalue weighted by Crippen LogP contribution is 2.16. The molecule has 0 atom stereocenters. The molecule has 110 valence electrons. The highest BCUT2D eigenvalue weighted by atomic mass is 35.5. The maximum atomic E-state index is 12.1. The van der Waals surface area contributed by atoms with E-state index in [-0.39, 0.29) is 5.91 Å². The van der Waals surface area contributed by atoms with Gasteiger partial charge in [0.1, 0.15) is 18.7 Å². The lowest BCUT2D eigenvalue weighted by atomic mass is 10.2. The van der Waals surface area contributed by atoms with E-state index in [2.05, 4.69) is 4.98 Å². The van der Waals surface area contributed by atoms with Crippen LogP contribution >= 0.6 is 11.6 Å². The summed E-state index contributed by atoms with van der Waals surface area (Å²) in [5, 5.41) is 0.700. The molecule has 3 rings (SSSR count). The molecule has 0 radical (unpaired) electrons. The molecule has 0 saturated carbocycles. The van der Waals surface area contributed by atoms with Crippen LogP contribution < -0.4 is 4.74 Å². The Morgan fingerprint density at radius 3 is 2.45 bits per heavy atom. The van der Waals surface area contributed by atoms with Gasteiger partial charge in [0.15, 0.2) is 0 Å². The van der Waals surface area contributed by atoms with E-state index in [9.17, 15) is 4.79 Å². The number of aromatic nitrogens is 2. The van der Waals surface area contributed by atoms with E-state index in [0.717, 1.165) is 5.56 Å². The summed E-state index contributed by atoms with van der Waals surface area (Å²) in [7, 11) is 0. The van der Waals surface area contributed by atoms with Crippen molar-refractivity contribution < 1.29 is 9.53 Å². The summed E-state index contributed by atoms with van der Waals surface area (Å²) in [6.45, 7) is 0.450. The van der Waals surface area contributed by atoms with Crippen LogP contribution in [0.15, 0.2) is 67.3 Å². The third-order valence-corrected chi connectivity index (χ3v) is 3.41. The van der Waals surface area contributed by atoms with Gasteiger partial charge in [0.2, 0.25) is 0 Å². The molecule has 0 fully saturated rings. The smallest absolute Gasteiger partial charge is 0.263 e. The minimum absolute atomic E-state index is 0.123. The molecule has 2 aromatic carbocycles. The lowest BCUT2D eigenvalue weighted by Gasteiger charge is -2.07. The molecule has 3 aromatic rings. The van der Waals surface area contributed by atoms with Crippen molar-refractivity contribution >= 4 is 17.5 Å². The molecule has 4 nitrogen and oxygen atoms in total. The minimum Gasteiger partial charge on any atom is -0.489 e. The molecule has 22 heavy (non-hydrogen) atoms. The monoisotopic (exact) mass is 312 g/mol. The molecule has 1 heterocycles. The van der Waals surface area contributed by atoms with E-state index in [1.165, 1.54) is 10.9 Å². The van der Waals surface area contributed by atoms with Crippen LogP contribution in [-0.4, -0.2) is 15.5 Å². The number of carbonyl (C=O) groups excluding carboxylic acids is 1. The van der Waals surface area contributed by atoms with E-state index < -0.39 is 0 Å². The van der Waals surface area contributed by atoms with Gasteiger partial charge in [-0.1, -0.05) is 23.7 Å². The zero-order chi connectivity index (χ0) is 15.4. The number of hydrogen-bond acceptors (Lipinski definition) is 3. The van der Waals surface area contributed by atoms with Crippen LogP contribution in [0.3, 0.4) is 0 Å². The largest absolute Gasteiger partial charge is 0.489 e. The number of benzene rings is 2. The van der Waals surface area contributed by atoms with Crippen molar-refractivity contribution in [2.75, 3.05) is 0 Å². The molecular formula is C17H13ClN2O2. The first-order valence-electron chi connectivity index (χ1n) is 6.72. The predicted molar refractivity (Wildman–Crippen MR) is 84.2 cm³/mol. The summed E-state index contributed by atoms with van der Waals surface area (Å²) in [6, 6.07) is 14.5. The topological polar surface area (TPSA) is 44.1 Å².